The van der Waals surface area contributed by atoms with Crippen LogP contribution in [0.1, 0.15) is 5.56 Å². The van der Waals surface area contributed by atoms with Gasteiger partial charge in [-0.25, -0.2) is 4.98 Å². The number of fused-ring (bicyclic) bond motifs is 9. The summed E-state index contributed by atoms with van der Waals surface area (Å²) in [6.45, 7) is 4.87. The van der Waals surface area contributed by atoms with Gasteiger partial charge in [-0.1, -0.05) is 91.5 Å². The van der Waals surface area contributed by atoms with Gasteiger partial charge in [0.2, 0.25) is 5.89 Å². The number of hydrogen-bond donors (Lipinski definition) is 0. The molecule has 0 fully saturated rings. The Morgan fingerprint density at radius 1 is 0.545 bits per heavy atom. The van der Waals surface area contributed by atoms with Crippen LogP contribution in [0, 0.1) is 0 Å². The van der Waals surface area contributed by atoms with Gasteiger partial charge in [0.05, 0.1) is 22.1 Å². The molecule has 0 amide bonds. The van der Waals surface area contributed by atoms with E-state index in [4.69, 9.17) is 14.1 Å². The normalized spacial score (nSPS) is 14.2. The Bertz CT molecular complexity index is 3210. The van der Waals surface area contributed by atoms with Gasteiger partial charge in [-0.2, -0.15) is 0 Å². The third kappa shape index (κ3) is 4.98. The molecule has 4 heterocycles. The third-order valence-corrected chi connectivity index (χ3v) is 10.8. The first kappa shape index (κ1) is 31.2. The maximum atomic E-state index is 6.60. The molecular weight excluding hydrogens is 675 g/mol. The monoisotopic (exact) mass is 707 g/mol. The number of allylic oxidation sites excluding steroid dienone is 4. The lowest BCUT2D eigenvalue weighted by Gasteiger charge is -2.14. The highest BCUT2D eigenvalue weighted by Crippen LogP contribution is 2.41. The molecule has 5 heteroatoms. The van der Waals surface area contributed by atoms with Crippen LogP contribution in [0.2, 0.25) is 0 Å². The summed E-state index contributed by atoms with van der Waals surface area (Å²) in [7, 11) is 0. The van der Waals surface area contributed by atoms with E-state index in [2.05, 4.69) is 137 Å². The molecule has 0 atom stereocenters. The maximum absolute atomic E-state index is 6.60. The molecule has 0 saturated carbocycles. The Morgan fingerprint density at radius 2 is 1.25 bits per heavy atom. The molecule has 7 aromatic carbocycles. The second-order valence-electron chi connectivity index (χ2n) is 14.0. The van der Waals surface area contributed by atoms with Crippen LogP contribution in [-0.4, -0.2) is 20.7 Å². The minimum absolute atomic E-state index is 0.514. The molecule has 0 bridgehead atoms. The summed E-state index contributed by atoms with van der Waals surface area (Å²) in [4.78, 5) is 4.92. The minimum atomic E-state index is 0.514. The summed E-state index contributed by atoms with van der Waals surface area (Å²) in [6, 6.07) is 53.5. The topological polar surface area (TPSA) is 45.1 Å². The number of nitrogens with zero attached hydrogens (tertiary/aromatic N) is 3. The first-order valence-corrected chi connectivity index (χ1v) is 18.5. The largest absolute Gasteiger partial charge is 0.489 e. The molecule has 0 saturated heterocycles. The second-order valence-corrected chi connectivity index (χ2v) is 14.0. The number of para-hydroxylation sites is 2. The van der Waals surface area contributed by atoms with Crippen molar-refractivity contribution in [1.82, 2.24) is 14.1 Å². The van der Waals surface area contributed by atoms with Gasteiger partial charge >= 0.3 is 0 Å². The zero-order valence-corrected chi connectivity index (χ0v) is 29.8. The lowest BCUT2D eigenvalue weighted by Crippen LogP contribution is -1.99. The summed E-state index contributed by atoms with van der Waals surface area (Å²) in [5.74, 6) is 1.45. The SMILES string of the molecule is C=C1/C=C\C=C/COc2ccc(-n3c4ccccc4c4cc(-c5ccc6c(c5)c5ccc7nc(-c8ccccc8)oc7c5n6-c5ccccc5)ccc43)cc21. The second kappa shape index (κ2) is 12.4. The fourth-order valence-corrected chi connectivity index (χ4v) is 8.21. The van der Waals surface area contributed by atoms with E-state index in [0.717, 1.165) is 88.9 Å². The zero-order valence-electron chi connectivity index (χ0n) is 29.8. The van der Waals surface area contributed by atoms with Crippen LogP contribution in [0.3, 0.4) is 0 Å². The molecule has 10 aromatic rings. The zero-order chi connectivity index (χ0) is 36.5. The lowest BCUT2D eigenvalue weighted by atomic mass is 10.0. The van der Waals surface area contributed by atoms with E-state index in [-0.39, 0.29) is 0 Å². The van der Waals surface area contributed by atoms with Gasteiger partial charge in [0.15, 0.2) is 5.58 Å². The molecular formula is C50H33N3O2. The van der Waals surface area contributed by atoms with Crippen molar-refractivity contribution in [3.8, 4) is 39.7 Å². The Morgan fingerprint density at radius 3 is 2.07 bits per heavy atom. The highest BCUT2D eigenvalue weighted by molar-refractivity contribution is 6.18. The van der Waals surface area contributed by atoms with Crippen LogP contribution in [0.15, 0.2) is 187 Å². The smallest absolute Gasteiger partial charge is 0.227 e. The van der Waals surface area contributed by atoms with E-state index < -0.39 is 0 Å². The Balaban J connectivity index is 1.09. The Labute approximate surface area is 317 Å². The van der Waals surface area contributed by atoms with Crippen molar-refractivity contribution in [3.63, 3.8) is 0 Å². The van der Waals surface area contributed by atoms with Crippen molar-refractivity contribution in [1.29, 1.82) is 0 Å². The molecule has 260 valence electrons. The quantitative estimate of drug-likeness (QED) is 0.183. The molecule has 0 aliphatic carbocycles. The van der Waals surface area contributed by atoms with E-state index in [1.807, 2.05) is 54.6 Å². The standard InChI is InChI=1S/C50H33N3O2/c1-32-13-5-4-12-28-54-47-27-22-37(31-40(32)47)52-44-19-11-10-18-38(44)41-29-34(20-25-45(41)52)35-21-26-46-42(30-35)39-23-24-43-49(48(39)53(46)36-16-8-3-9-17-36)55-50(51-43)33-14-6-2-7-15-33/h2-27,29-31H,1,28H2/b12-4-,13-5-. The number of oxazole rings is 1. The Kier molecular flexibility index (Phi) is 7.01. The van der Waals surface area contributed by atoms with E-state index in [9.17, 15) is 0 Å². The van der Waals surface area contributed by atoms with Gasteiger partial charge < -0.3 is 18.3 Å². The molecule has 0 unspecified atom stereocenters. The van der Waals surface area contributed by atoms with Crippen molar-refractivity contribution in [3.05, 3.63) is 188 Å². The van der Waals surface area contributed by atoms with Gasteiger partial charge in [-0.05, 0) is 108 Å². The molecule has 11 rings (SSSR count). The lowest BCUT2D eigenvalue weighted by molar-refractivity contribution is 0.362. The number of rotatable bonds is 4. The summed E-state index contributed by atoms with van der Waals surface area (Å²) in [5.41, 5.74) is 13.3. The fraction of sp³-hybridized carbons (Fsp3) is 0.0200. The number of aromatic nitrogens is 3. The molecule has 55 heavy (non-hydrogen) atoms. The molecule has 5 nitrogen and oxygen atoms in total. The predicted octanol–water partition coefficient (Wildman–Crippen LogP) is 12.9. The van der Waals surface area contributed by atoms with Crippen LogP contribution in [0.5, 0.6) is 5.75 Å². The third-order valence-electron chi connectivity index (χ3n) is 10.8. The molecule has 1 aliphatic rings. The van der Waals surface area contributed by atoms with Crippen molar-refractivity contribution < 1.29 is 9.15 Å². The highest BCUT2D eigenvalue weighted by Gasteiger charge is 2.21. The first-order valence-electron chi connectivity index (χ1n) is 18.5. The number of ether oxygens (including phenoxy) is 1. The van der Waals surface area contributed by atoms with Crippen LogP contribution in [0.4, 0.5) is 0 Å². The average Bonchev–Trinajstić information content (AvgIpc) is 3.94. The molecule has 0 spiro atoms. The van der Waals surface area contributed by atoms with E-state index in [0.29, 0.717) is 12.5 Å². The van der Waals surface area contributed by atoms with Crippen molar-refractivity contribution >= 4 is 60.3 Å². The van der Waals surface area contributed by atoms with Crippen LogP contribution >= 0.6 is 0 Å². The van der Waals surface area contributed by atoms with E-state index >= 15 is 0 Å². The van der Waals surface area contributed by atoms with Gasteiger partial charge in [-0.15, -0.1) is 0 Å². The summed E-state index contributed by atoms with van der Waals surface area (Å²) in [6.07, 6.45) is 8.06. The summed E-state index contributed by atoms with van der Waals surface area (Å²) >= 11 is 0. The molecule has 3 aromatic heterocycles. The first-order chi connectivity index (χ1) is 27.2. The van der Waals surface area contributed by atoms with Gasteiger partial charge in [0.1, 0.15) is 17.9 Å². The average molecular weight is 708 g/mol. The van der Waals surface area contributed by atoms with Gasteiger partial charge in [0.25, 0.3) is 0 Å². The fourth-order valence-electron chi connectivity index (χ4n) is 8.21. The van der Waals surface area contributed by atoms with E-state index in [1.54, 1.807) is 0 Å². The van der Waals surface area contributed by atoms with Gasteiger partial charge in [-0.3, -0.25) is 0 Å². The highest BCUT2D eigenvalue weighted by atomic mass is 16.5. The predicted molar refractivity (Wildman–Crippen MR) is 226 cm³/mol. The minimum Gasteiger partial charge on any atom is -0.489 e. The maximum Gasteiger partial charge on any atom is 0.227 e. The Hall–Kier alpha value is -7.37. The van der Waals surface area contributed by atoms with Crippen LogP contribution in [0.25, 0.3) is 94.2 Å². The van der Waals surface area contributed by atoms with Crippen molar-refractivity contribution in [2.24, 2.45) is 0 Å². The van der Waals surface area contributed by atoms with Crippen molar-refractivity contribution in [2.75, 3.05) is 6.61 Å². The number of benzene rings is 7. The number of hydrogen-bond acceptors (Lipinski definition) is 3. The van der Waals surface area contributed by atoms with Crippen LogP contribution < -0.4 is 4.74 Å². The van der Waals surface area contributed by atoms with Crippen LogP contribution in [-0.2, 0) is 0 Å². The molecule has 1 aliphatic heterocycles. The summed E-state index contributed by atoms with van der Waals surface area (Å²) in [5, 5.41) is 4.67. The van der Waals surface area contributed by atoms with Gasteiger partial charge in [0, 0.05) is 44.0 Å². The van der Waals surface area contributed by atoms with E-state index in [1.165, 1.54) is 10.8 Å². The van der Waals surface area contributed by atoms with Crippen molar-refractivity contribution in [2.45, 2.75) is 0 Å². The summed E-state index contributed by atoms with van der Waals surface area (Å²) < 4.78 is 17.4. The molecule has 0 radical (unpaired) electrons. The molecule has 0 N–H and O–H groups in total.